The van der Waals surface area contributed by atoms with E-state index in [4.69, 9.17) is 0 Å². The van der Waals surface area contributed by atoms with Gasteiger partial charge in [0.05, 0.1) is 12.2 Å². The molecule has 0 bridgehead atoms. The van der Waals surface area contributed by atoms with E-state index in [0.29, 0.717) is 12.1 Å². The molecule has 0 aliphatic carbocycles. The molecule has 0 amide bonds. The number of aromatic nitrogens is 2. The van der Waals surface area contributed by atoms with Crippen LogP contribution in [0.4, 0.5) is 4.39 Å². The highest BCUT2D eigenvalue weighted by molar-refractivity contribution is 9.10. The number of benzene rings is 1. The van der Waals surface area contributed by atoms with Gasteiger partial charge in [-0.2, -0.15) is 5.10 Å². The Labute approximate surface area is 121 Å². The Bertz CT molecular complexity index is 539. The van der Waals surface area contributed by atoms with E-state index in [1.54, 1.807) is 10.7 Å². The minimum absolute atomic E-state index is 0.212. The van der Waals surface area contributed by atoms with E-state index in [1.165, 1.54) is 6.07 Å². The van der Waals surface area contributed by atoms with Gasteiger partial charge in [-0.15, -0.1) is 0 Å². The molecule has 102 valence electrons. The Hall–Kier alpha value is -1.20. The van der Waals surface area contributed by atoms with Crippen LogP contribution in [0, 0.1) is 5.82 Å². The fraction of sp³-hybridized carbons (Fsp3) is 0.357. The monoisotopic (exact) mass is 325 g/mol. The van der Waals surface area contributed by atoms with Crippen molar-refractivity contribution in [1.82, 2.24) is 15.1 Å². The van der Waals surface area contributed by atoms with Gasteiger partial charge in [-0.1, -0.05) is 28.9 Å². The third-order valence-corrected chi connectivity index (χ3v) is 3.27. The van der Waals surface area contributed by atoms with Gasteiger partial charge in [0.15, 0.2) is 0 Å². The molecule has 0 aliphatic heterocycles. The van der Waals surface area contributed by atoms with Gasteiger partial charge in [-0.25, -0.2) is 4.39 Å². The summed E-state index contributed by atoms with van der Waals surface area (Å²) in [7, 11) is 0. The van der Waals surface area contributed by atoms with Crippen LogP contribution in [-0.2, 0) is 13.1 Å². The van der Waals surface area contributed by atoms with Crippen LogP contribution in [0.1, 0.15) is 24.6 Å². The summed E-state index contributed by atoms with van der Waals surface area (Å²) in [4.78, 5) is 0. The minimum Gasteiger partial charge on any atom is -0.311 e. The third kappa shape index (κ3) is 4.14. The fourth-order valence-corrected chi connectivity index (χ4v) is 2.14. The maximum absolute atomic E-state index is 13.7. The van der Waals surface area contributed by atoms with Gasteiger partial charge in [0.1, 0.15) is 5.82 Å². The standard InChI is InChI=1S/C14H17BrFN3/c1-2-6-17-9-13-5-7-19(18-13)10-11-3-4-12(15)8-14(11)16/h3-5,7-8,17H,2,6,9-10H2,1H3. The van der Waals surface area contributed by atoms with Crippen LogP contribution in [0.15, 0.2) is 34.9 Å². The Balaban J connectivity index is 1.99. The highest BCUT2D eigenvalue weighted by Gasteiger charge is 2.05. The molecule has 0 atom stereocenters. The van der Waals surface area contributed by atoms with Gasteiger partial charge < -0.3 is 5.32 Å². The molecule has 0 spiro atoms. The molecule has 0 saturated carbocycles. The van der Waals surface area contributed by atoms with Crippen LogP contribution in [0.5, 0.6) is 0 Å². The van der Waals surface area contributed by atoms with Gasteiger partial charge in [0.2, 0.25) is 0 Å². The fourth-order valence-electron chi connectivity index (χ4n) is 1.80. The van der Waals surface area contributed by atoms with E-state index < -0.39 is 0 Å². The lowest BCUT2D eigenvalue weighted by atomic mass is 10.2. The molecular formula is C14H17BrFN3. The average Bonchev–Trinajstić information content (AvgIpc) is 2.81. The van der Waals surface area contributed by atoms with E-state index >= 15 is 0 Å². The van der Waals surface area contributed by atoms with Gasteiger partial charge in [-0.05, 0) is 31.2 Å². The van der Waals surface area contributed by atoms with Crippen LogP contribution in [0.3, 0.4) is 0 Å². The number of nitrogens with one attached hydrogen (secondary N) is 1. The maximum atomic E-state index is 13.7. The van der Waals surface area contributed by atoms with E-state index in [1.807, 2.05) is 18.3 Å². The van der Waals surface area contributed by atoms with E-state index in [-0.39, 0.29) is 5.82 Å². The number of hydrogen-bond donors (Lipinski definition) is 1. The highest BCUT2D eigenvalue weighted by atomic mass is 79.9. The molecule has 1 N–H and O–H groups in total. The molecule has 0 radical (unpaired) electrons. The van der Waals surface area contributed by atoms with Crippen LogP contribution in [0.2, 0.25) is 0 Å². The van der Waals surface area contributed by atoms with Crippen molar-refractivity contribution in [2.75, 3.05) is 6.54 Å². The summed E-state index contributed by atoms with van der Waals surface area (Å²) in [6.45, 7) is 4.31. The normalized spacial score (nSPS) is 10.9. The van der Waals surface area contributed by atoms with Crippen LogP contribution in [-0.4, -0.2) is 16.3 Å². The number of halogens is 2. The molecule has 5 heteroatoms. The number of hydrogen-bond acceptors (Lipinski definition) is 2. The summed E-state index contributed by atoms with van der Waals surface area (Å²) in [5.74, 6) is -0.212. The van der Waals surface area contributed by atoms with Crippen LogP contribution in [0.25, 0.3) is 0 Å². The first-order chi connectivity index (χ1) is 9.19. The smallest absolute Gasteiger partial charge is 0.129 e. The SMILES string of the molecule is CCCNCc1ccn(Cc2ccc(Br)cc2F)n1. The molecule has 1 aromatic heterocycles. The zero-order valence-electron chi connectivity index (χ0n) is 10.9. The largest absolute Gasteiger partial charge is 0.311 e. The van der Waals surface area contributed by atoms with Crippen molar-refractivity contribution in [3.8, 4) is 0 Å². The molecular weight excluding hydrogens is 309 g/mol. The van der Waals surface area contributed by atoms with Crippen LogP contribution >= 0.6 is 15.9 Å². The molecule has 3 nitrogen and oxygen atoms in total. The first-order valence-corrected chi connectivity index (χ1v) is 7.15. The second kappa shape index (κ2) is 6.82. The predicted molar refractivity (Wildman–Crippen MR) is 77.4 cm³/mol. The van der Waals surface area contributed by atoms with Crippen molar-refractivity contribution in [2.45, 2.75) is 26.4 Å². The minimum atomic E-state index is -0.212. The summed E-state index contributed by atoms with van der Waals surface area (Å²) in [6, 6.07) is 7.05. The van der Waals surface area contributed by atoms with Gasteiger partial charge in [0.25, 0.3) is 0 Å². The van der Waals surface area contributed by atoms with Crippen molar-refractivity contribution in [3.63, 3.8) is 0 Å². The average molecular weight is 326 g/mol. The predicted octanol–water partition coefficient (Wildman–Crippen LogP) is 3.33. The highest BCUT2D eigenvalue weighted by Crippen LogP contribution is 2.16. The summed E-state index contributed by atoms with van der Waals surface area (Å²) in [6.07, 6.45) is 2.98. The molecule has 0 saturated heterocycles. The summed E-state index contributed by atoms with van der Waals surface area (Å²) in [5.41, 5.74) is 1.62. The first-order valence-electron chi connectivity index (χ1n) is 6.36. The quantitative estimate of drug-likeness (QED) is 0.825. The van der Waals surface area contributed by atoms with Crippen molar-refractivity contribution in [2.24, 2.45) is 0 Å². The van der Waals surface area contributed by atoms with Crippen molar-refractivity contribution in [1.29, 1.82) is 0 Å². The lowest BCUT2D eigenvalue weighted by Crippen LogP contribution is -2.14. The van der Waals surface area contributed by atoms with Crippen LogP contribution < -0.4 is 5.32 Å². The first kappa shape index (κ1) is 14.2. The topological polar surface area (TPSA) is 29.9 Å². The van der Waals surface area contributed by atoms with E-state index in [0.717, 1.165) is 29.7 Å². The van der Waals surface area contributed by atoms with Crippen molar-refractivity contribution >= 4 is 15.9 Å². The molecule has 0 unspecified atom stereocenters. The molecule has 1 aromatic carbocycles. The Kier molecular flexibility index (Phi) is 5.10. The zero-order valence-corrected chi connectivity index (χ0v) is 12.5. The Morgan fingerprint density at radius 3 is 2.95 bits per heavy atom. The maximum Gasteiger partial charge on any atom is 0.129 e. The van der Waals surface area contributed by atoms with Crippen molar-refractivity contribution < 1.29 is 4.39 Å². The summed E-state index contributed by atoms with van der Waals surface area (Å²) >= 11 is 3.25. The zero-order chi connectivity index (χ0) is 13.7. The molecule has 0 aliphatic rings. The molecule has 2 aromatic rings. The van der Waals surface area contributed by atoms with E-state index in [2.05, 4.69) is 33.3 Å². The number of rotatable bonds is 6. The molecule has 2 rings (SSSR count). The van der Waals surface area contributed by atoms with Crippen molar-refractivity contribution in [3.05, 3.63) is 52.0 Å². The third-order valence-electron chi connectivity index (χ3n) is 2.78. The second-order valence-electron chi connectivity index (χ2n) is 4.42. The van der Waals surface area contributed by atoms with Gasteiger partial charge in [-0.3, -0.25) is 4.68 Å². The lowest BCUT2D eigenvalue weighted by Gasteiger charge is -2.04. The Morgan fingerprint density at radius 1 is 1.37 bits per heavy atom. The second-order valence-corrected chi connectivity index (χ2v) is 5.33. The van der Waals surface area contributed by atoms with Gasteiger partial charge >= 0.3 is 0 Å². The number of nitrogens with zero attached hydrogens (tertiary/aromatic N) is 2. The lowest BCUT2D eigenvalue weighted by molar-refractivity contribution is 0.577. The summed E-state index contributed by atoms with van der Waals surface area (Å²) in [5, 5.41) is 7.71. The molecule has 19 heavy (non-hydrogen) atoms. The Morgan fingerprint density at radius 2 is 2.21 bits per heavy atom. The van der Waals surface area contributed by atoms with Gasteiger partial charge in [0, 0.05) is 22.8 Å². The molecule has 1 heterocycles. The van der Waals surface area contributed by atoms with E-state index in [9.17, 15) is 4.39 Å². The summed E-state index contributed by atoms with van der Waals surface area (Å²) < 4.78 is 16.2. The molecule has 0 fully saturated rings.